The zero-order valence-corrected chi connectivity index (χ0v) is 19.6. The minimum absolute atomic E-state index is 0.0773. The van der Waals surface area contributed by atoms with Gasteiger partial charge < -0.3 is 5.32 Å². The quantitative estimate of drug-likeness (QED) is 0.563. The van der Waals surface area contributed by atoms with E-state index in [0.29, 0.717) is 22.0 Å². The number of aryl methyl sites for hydroxylation is 3. The third-order valence-corrected chi connectivity index (χ3v) is 7.20. The van der Waals surface area contributed by atoms with Crippen molar-refractivity contribution in [3.63, 3.8) is 0 Å². The molecule has 162 valence electrons. The van der Waals surface area contributed by atoms with Crippen molar-refractivity contribution >= 4 is 33.4 Å². The van der Waals surface area contributed by atoms with Gasteiger partial charge in [-0.2, -0.15) is 0 Å². The highest BCUT2D eigenvalue weighted by Gasteiger charge is 2.20. The number of nitrogens with zero attached hydrogens (tertiary/aromatic N) is 3. The van der Waals surface area contributed by atoms with Gasteiger partial charge in [0.15, 0.2) is 5.16 Å². The van der Waals surface area contributed by atoms with Crippen LogP contribution in [-0.4, -0.2) is 42.7 Å². The molecule has 7 nitrogen and oxygen atoms in total. The third kappa shape index (κ3) is 5.49. The van der Waals surface area contributed by atoms with Crippen molar-refractivity contribution in [1.29, 1.82) is 0 Å². The molecule has 0 aliphatic carbocycles. The SMILES string of the molecule is Cc1cc(C)nc(Sc2ccc(NC(=O)c3cc(S(=O)(=O)N(C)C)ccc3C)cc2)n1. The highest BCUT2D eigenvalue weighted by Crippen LogP contribution is 2.27. The van der Waals surface area contributed by atoms with Gasteiger partial charge in [0, 0.05) is 41.6 Å². The first-order valence-electron chi connectivity index (χ1n) is 9.51. The van der Waals surface area contributed by atoms with Crippen molar-refractivity contribution in [1.82, 2.24) is 14.3 Å². The molecule has 0 unspecified atom stereocenters. The van der Waals surface area contributed by atoms with E-state index in [4.69, 9.17) is 0 Å². The molecule has 1 heterocycles. The molecule has 0 saturated carbocycles. The van der Waals surface area contributed by atoms with Crippen molar-refractivity contribution in [2.75, 3.05) is 19.4 Å². The van der Waals surface area contributed by atoms with Gasteiger partial charge in [0.05, 0.1) is 4.90 Å². The number of hydrogen-bond acceptors (Lipinski definition) is 6. The number of hydrogen-bond donors (Lipinski definition) is 1. The van der Waals surface area contributed by atoms with Crippen molar-refractivity contribution in [3.8, 4) is 0 Å². The molecule has 0 aliphatic rings. The maximum Gasteiger partial charge on any atom is 0.255 e. The molecule has 0 atom stereocenters. The van der Waals surface area contributed by atoms with E-state index in [1.165, 1.54) is 38.0 Å². The average Bonchev–Trinajstić information content (AvgIpc) is 2.68. The molecule has 0 fully saturated rings. The van der Waals surface area contributed by atoms with Crippen LogP contribution < -0.4 is 5.32 Å². The number of sulfonamides is 1. The highest BCUT2D eigenvalue weighted by atomic mass is 32.2. The van der Waals surface area contributed by atoms with Crippen molar-refractivity contribution < 1.29 is 13.2 Å². The summed E-state index contributed by atoms with van der Waals surface area (Å²) in [6.45, 7) is 5.63. The monoisotopic (exact) mass is 456 g/mol. The van der Waals surface area contributed by atoms with E-state index >= 15 is 0 Å². The van der Waals surface area contributed by atoms with E-state index in [-0.39, 0.29) is 10.8 Å². The number of anilines is 1. The predicted molar refractivity (Wildman–Crippen MR) is 122 cm³/mol. The van der Waals surface area contributed by atoms with Crippen LogP contribution in [0.5, 0.6) is 0 Å². The second-order valence-corrected chi connectivity index (χ2v) is 10.5. The van der Waals surface area contributed by atoms with Crippen LogP contribution in [0.25, 0.3) is 0 Å². The standard InChI is InChI=1S/C22H24N4O3S2/c1-14-6-11-19(31(28,29)26(4)5)13-20(14)21(27)25-17-7-9-18(10-8-17)30-22-23-15(2)12-16(3)24-22/h6-13H,1-5H3,(H,25,27). The summed E-state index contributed by atoms with van der Waals surface area (Å²) >= 11 is 1.44. The summed E-state index contributed by atoms with van der Waals surface area (Å²) in [7, 11) is -0.713. The zero-order valence-electron chi connectivity index (χ0n) is 18.0. The van der Waals surface area contributed by atoms with Gasteiger partial charge in [-0.25, -0.2) is 22.7 Å². The summed E-state index contributed by atoms with van der Waals surface area (Å²) in [6, 6.07) is 13.8. The van der Waals surface area contributed by atoms with E-state index in [0.717, 1.165) is 20.6 Å². The first kappa shape index (κ1) is 22.9. The Morgan fingerprint density at radius 2 is 1.55 bits per heavy atom. The number of rotatable bonds is 6. The molecule has 1 aromatic heterocycles. The molecule has 0 radical (unpaired) electrons. The Kier molecular flexibility index (Phi) is 6.78. The van der Waals surface area contributed by atoms with E-state index in [2.05, 4.69) is 15.3 Å². The van der Waals surface area contributed by atoms with Gasteiger partial charge in [-0.3, -0.25) is 4.79 Å². The molecule has 1 N–H and O–H groups in total. The largest absolute Gasteiger partial charge is 0.322 e. The van der Waals surface area contributed by atoms with Crippen molar-refractivity contribution in [3.05, 3.63) is 71.0 Å². The first-order chi connectivity index (χ1) is 14.6. The lowest BCUT2D eigenvalue weighted by molar-refractivity contribution is 0.102. The summed E-state index contributed by atoms with van der Waals surface area (Å²) < 4.78 is 25.9. The van der Waals surface area contributed by atoms with Crippen LogP contribution in [0.1, 0.15) is 27.3 Å². The molecule has 3 rings (SSSR count). The van der Waals surface area contributed by atoms with Crippen molar-refractivity contribution in [2.45, 2.75) is 35.7 Å². The molecule has 0 spiro atoms. The van der Waals surface area contributed by atoms with E-state index < -0.39 is 10.0 Å². The topological polar surface area (TPSA) is 92.3 Å². The molecule has 0 saturated heterocycles. The molecule has 3 aromatic rings. The Labute approximate surface area is 187 Å². The Hall–Kier alpha value is -2.75. The molecule has 2 aromatic carbocycles. The van der Waals surface area contributed by atoms with Crippen LogP contribution in [0.2, 0.25) is 0 Å². The highest BCUT2D eigenvalue weighted by molar-refractivity contribution is 7.99. The van der Waals surface area contributed by atoms with E-state index in [1.54, 1.807) is 25.1 Å². The maximum atomic E-state index is 12.8. The molecule has 0 bridgehead atoms. The smallest absolute Gasteiger partial charge is 0.255 e. The minimum atomic E-state index is -3.63. The molecular weight excluding hydrogens is 432 g/mol. The third-order valence-electron chi connectivity index (χ3n) is 4.52. The lowest BCUT2D eigenvalue weighted by atomic mass is 10.1. The maximum absolute atomic E-state index is 12.8. The average molecular weight is 457 g/mol. The summed E-state index contributed by atoms with van der Waals surface area (Å²) in [5, 5.41) is 3.50. The molecule has 0 aliphatic heterocycles. The van der Waals surface area contributed by atoms with Crippen LogP contribution >= 0.6 is 11.8 Å². The second-order valence-electron chi connectivity index (χ2n) is 7.28. The number of aromatic nitrogens is 2. The number of amides is 1. The number of nitrogens with one attached hydrogen (secondary N) is 1. The Bertz CT molecular complexity index is 1200. The van der Waals surface area contributed by atoms with Gasteiger partial charge in [0.1, 0.15) is 0 Å². The van der Waals surface area contributed by atoms with Crippen LogP contribution in [-0.2, 0) is 10.0 Å². The number of benzene rings is 2. The molecule has 31 heavy (non-hydrogen) atoms. The normalized spacial score (nSPS) is 11.5. The Morgan fingerprint density at radius 3 is 2.13 bits per heavy atom. The summed E-state index contributed by atoms with van der Waals surface area (Å²) in [5.74, 6) is -0.369. The van der Waals surface area contributed by atoms with Gasteiger partial charge >= 0.3 is 0 Å². The fourth-order valence-electron chi connectivity index (χ4n) is 2.87. The molecular formula is C22H24N4O3S2. The van der Waals surface area contributed by atoms with Gasteiger partial charge in [-0.15, -0.1) is 0 Å². The van der Waals surface area contributed by atoms with Crippen LogP contribution in [0.3, 0.4) is 0 Å². The number of carbonyl (C=O) groups is 1. The van der Waals surface area contributed by atoms with Gasteiger partial charge in [-0.1, -0.05) is 6.07 Å². The Morgan fingerprint density at radius 1 is 0.935 bits per heavy atom. The Balaban J connectivity index is 1.76. The van der Waals surface area contributed by atoms with Crippen LogP contribution in [0.15, 0.2) is 63.5 Å². The minimum Gasteiger partial charge on any atom is -0.322 e. The second kappa shape index (κ2) is 9.17. The van der Waals surface area contributed by atoms with Crippen LogP contribution in [0, 0.1) is 20.8 Å². The van der Waals surface area contributed by atoms with E-state index in [1.807, 2.05) is 32.0 Å². The van der Waals surface area contributed by atoms with Crippen LogP contribution in [0.4, 0.5) is 5.69 Å². The summed E-state index contributed by atoms with van der Waals surface area (Å²) in [4.78, 5) is 22.6. The fraction of sp³-hybridized carbons (Fsp3) is 0.227. The van der Waals surface area contributed by atoms with Gasteiger partial charge in [0.2, 0.25) is 10.0 Å². The molecule has 1 amide bonds. The van der Waals surface area contributed by atoms with Crippen molar-refractivity contribution in [2.24, 2.45) is 0 Å². The first-order valence-corrected chi connectivity index (χ1v) is 11.8. The fourth-order valence-corrected chi connectivity index (χ4v) is 4.66. The van der Waals surface area contributed by atoms with E-state index in [9.17, 15) is 13.2 Å². The summed E-state index contributed by atoms with van der Waals surface area (Å²) in [6.07, 6.45) is 0. The predicted octanol–water partition coefficient (Wildman–Crippen LogP) is 4.06. The molecule has 9 heteroatoms. The van der Waals surface area contributed by atoms with Gasteiger partial charge in [-0.05, 0) is 80.6 Å². The lowest BCUT2D eigenvalue weighted by Gasteiger charge is -2.14. The van der Waals surface area contributed by atoms with Gasteiger partial charge in [0.25, 0.3) is 5.91 Å². The zero-order chi connectivity index (χ0) is 22.8. The number of carbonyl (C=O) groups excluding carboxylic acids is 1. The lowest BCUT2D eigenvalue weighted by Crippen LogP contribution is -2.23. The summed E-state index contributed by atoms with van der Waals surface area (Å²) in [5.41, 5.74) is 3.43.